The van der Waals surface area contributed by atoms with Crippen LogP contribution in [0.4, 0.5) is 0 Å². The van der Waals surface area contributed by atoms with Gasteiger partial charge in [0.2, 0.25) is 0 Å². The lowest BCUT2D eigenvalue weighted by atomic mass is 9.44. The standard InChI is InChI=1S/C26H37NO4/c1-15(5-8-23(30)31-4)18-6-7-19-24-20(9-10-25(18,19)2)26(3)13-16(14-27)21(28)11-17(26)12-22(24)29/h13,15,17-20,22,24,29H,5-12H2,1-4H3. The van der Waals surface area contributed by atoms with E-state index >= 15 is 0 Å². The van der Waals surface area contributed by atoms with Crippen molar-refractivity contribution in [3.05, 3.63) is 11.6 Å². The molecular formula is C26H37NO4. The first-order chi connectivity index (χ1) is 14.7. The molecular weight excluding hydrogens is 390 g/mol. The molecule has 5 heteroatoms. The van der Waals surface area contributed by atoms with Crippen molar-refractivity contribution < 1.29 is 19.4 Å². The number of carbonyl (C=O) groups is 2. The Balaban J connectivity index is 1.59. The molecule has 0 amide bonds. The van der Waals surface area contributed by atoms with Crippen LogP contribution in [0.2, 0.25) is 0 Å². The number of ether oxygens (including phenoxy) is 1. The number of hydrogen-bond donors (Lipinski definition) is 1. The van der Waals surface area contributed by atoms with E-state index in [9.17, 15) is 20.0 Å². The van der Waals surface area contributed by atoms with Gasteiger partial charge in [-0.15, -0.1) is 0 Å². The Labute approximate surface area is 186 Å². The Morgan fingerprint density at radius 2 is 2.06 bits per heavy atom. The SMILES string of the molecule is COC(=O)CCC(C)C1CCC2C3C(O)CC4CC(=O)C(C#N)=CC4(C)C3CCC12C. The third-order valence-electron chi connectivity index (χ3n) is 10.1. The van der Waals surface area contributed by atoms with E-state index in [4.69, 9.17) is 4.74 Å². The second-order valence-corrected chi connectivity index (χ2v) is 11.3. The average Bonchev–Trinajstić information content (AvgIpc) is 3.09. The molecule has 0 aromatic rings. The molecule has 5 nitrogen and oxygen atoms in total. The van der Waals surface area contributed by atoms with Gasteiger partial charge in [-0.2, -0.15) is 5.26 Å². The second kappa shape index (κ2) is 8.03. The van der Waals surface area contributed by atoms with Gasteiger partial charge in [0.15, 0.2) is 5.78 Å². The maximum absolute atomic E-state index is 12.4. The van der Waals surface area contributed by atoms with E-state index in [1.165, 1.54) is 7.11 Å². The first kappa shape index (κ1) is 22.5. The minimum absolute atomic E-state index is 0.0587. The van der Waals surface area contributed by atoms with Gasteiger partial charge in [-0.1, -0.05) is 26.8 Å². The molecule has 0 bridgehead atoms. The maximum atomic E-state index is 12.4. The van der Waals surface area contributed by atoms with Crippen LogP contribution in [-0.2, 0) is 14.3 Å². The molecule has 0 heterocycles. The van der Waals surface area contributed by atoms with Gasteiger partial charge >= 0.3 is 5.97 Å². The van der Waals surface area contributed by atoms with E-state index in [0.717, 1.165) is 32.1 Å². The van der Waals surface area contributed by atoms with Gasteiger partial charge in [-0.25, -0.2) is 0 Å². The number of Topliss-reactive ketones (excluding diaryl/α,β-unsaturated/α-hetero) is 1. The highest BCUT2D eigenvalue weighted by Crippen LogP contribution is 2.67. The minimum atomic E-state index is -0.373. The summed E-state index contributed by atoms with van der Waals surface area (Å²) in [5.41, 5.74) is 0.314. The van der Waals surface area contributed by atoms with E-state index in [1.54, 1.807) is 0 Å². The molecule has 4 aliphatic carbocycles. The molecule has 1 N–H and O–H groups in total. The summed E-state index contributed by atoms with van der Waals surface area (Å²) in [4.78, 5) is 24.0. The zero-order valence-electron chi connectivity index (χ0n) is 19.4. The van der Waals surface area contributed by atoms with E-state index in [1.807, 2.05) is 6.08 Å². The molecule has 0 aromatic carbocycles. The molecule has 0 saturated heterocycles. The smallest absolute Gasteiger partial charge is 0.305 e. The quantitative estimate of drug-likeness (QED) is 0.670. The van der Waals surface area contributed by atoms with E-state index < -0.39 is 0 Å². The van der Waals surface area contributed by atoms with Crippen LogP contribution in [0.25, 0.3) is 0 Å². The molecule has 9 atom stereocenters. The average molecular weight is 428 g/mol. The lowest BCUT2D eigenvalue weighted by molar-refractivity contribution is -0.148. The summed E-state index contributed by atoms with van der Waals surface area (Å²) in [6.07, 6.45) is 8.40. The first-order valence-electron chi connectivity index (χ1n) is 12.1. The lowest BCUT2D eigenvalue weighted by Crippen LogP contribution is -2.57. The van der Waals surface area contributed by atoms with Crippen LogP contribution >= 0.6 is 0 Å². The Hall–Kier alpha value is -1.67. The predicted molar refractivity (Wildman–Crippen MR) is 116 cm³/mol. The van der Waals surface area contributed by atoms with Crippen LogP contribution in [-0.4, -0.2) is 30.1 Å². The summed E-state index contributed by atoms with van der Waals surface area (Å²) >= 11 is 0. The summed E-state index contributed by atoms with van der Waals surface area (Å²) < 4.78 is 4.84. The molecule has 3 saturated carbocycles. The van der Waals surface area contributed by atoms with Crippen molar-refractivity contribution in [2.75, 3.05) is 7.11 Å². The second-order valence-electron chi connectivity index (χ2n) is 11.3. The van der Waals surface area contributed by atoms with Gasteiger partial charge in [-0.05, 0) is 84.9 Å². The number of aliphatic hydroxyl groups is 1. The summed E-state index contributed by atoms with van der Waals surface area (Å²) in [6.45, 7) is 6.93. The van der Waals surface area contributed by atoms with Crippen molar-refractivity contribution in [1.82, 2.24) is 0 Å². The van der Waals surface area contributed by atoms with E-state index in [-0.39, 0.29) is 40.5 Å². The number of aliphatic hydroxyl groups excluding tert-OH is 1. The van der Waals surface area contributed by atoms with Gasteiger partial charge in [0.25, 0.3) is 0 Å². The van der Waals surface area contributed by atoms with E-state index in [0.29, 0.717) is 48.5 Å². The monoisotopic (exact) mass is 427 g/mol. The minimum Gasteiger partial charge on any atom is -0.469 e. The first-order valence-corrected chi connectivity index (χ1v) is 12.1. The Morgan fingerprint density at radius 1 is 1.32 bits per heavy atom. The van der Waals surface area contributed by atoms with Crippen molar-refractivity contribution >= 4 is 11.8 Å². The Kier molecular flexibility index (Phi) is 5.83. The van der Waals surface area contributed by atoms with Crippen molar-refractivity contribution in [3.8, 4) is 6.07 Å². The molecule has 170 valence electrons. The highest BCUT2D eigenvalue weighted by atomic mass is 16.5. The summed E-state index contributed by atoms with van der Waals surface area (Å²) in [7, 11) is 1.45. The van der Waals surface area contributed by atoms with Crippen molar-refractivity contribution in [3.63, 3.8) is 0 Å². The maximum Gasteiger partial charge on any atom is 0.305 e. The van der Waals surface area contributed by atoms with Gasteiger partial charge in [0.05, 0.1) is 18.8 Å². The van der Waals surface area contributed by atoms with Crippen LogP contribution in [0, 0.1) is 57.7 Å². The number of ketones is 1. The van der Waals surface area contributed by atoms with Crippen LogP contribution in [0.1, 0.15) is 72.1 Å². The lowest BCUT2D eigenvalue weighted by Gasteiger charge is -2.60. The molecule has 31 heavy (non-hydrogen) atoms. The zero-order valence-corrected chi connectivity index (χ0v) is 19.4. The zero-order chi connectivity index (χ0) is 22.6. The third kappa shape index (κ3) is 3.46. The van der Waals surface area contributed by atoms with Crippen LogP contribution in [0.15, 0.2) is 11.6 Å². The van der Waals surface area contributed by atoms with Gasteiger partial charge < -0.3 is 9.84 Å². The largest absolute Gasteiger partial charge is 0.469 e. The fraction of sp³-hybridized carbons (Fsp3) is 0.808. The molecule has 0 aromatic heterocycles. The fourth-order valence-corrected chi connectivity index (χ4v) is 8.43. The molecule has 3 fully saturated rings. The molecule has 0 spiro atoms. The topological polar surface area (TPSA) is 87.4 Å². The number of fused-ring (bicyclic) bond motifs is 5. The molecule has 4 rings (SSSR count). The predicted octanol–water partition coefficient (Wildman–Crippen LogP) is 4.44. The number of allylic oxidation sites excluding steroid dienone is 2. The number of nitriles is 1. The molecule has 0 aliphatic heterocycles. The number of esters is 1. The number of rotatable bonds is 4. The summed E-state index contributed by atoms with van der Waals surface area (Å²) in [5.74, 6) is 1.95. The highest BCUT2D eigenvalue weighted by Gasteiger charge is 2.62. The third-order valence-corrected chi connectivity index (χ3v) is 10.1. The molecule has 4 aliphatic rings. The number of hydrogen-bond acceptors (Lipinski definition) is 5. The van der Waals surface area contributed by atoms with Gasteiger partial charge in [0.1, 0.15) is 6.07 Å². The fourth-order valence-electron chi connectivity index (χ4n) is 8.43. The Bertz CT molecular complexity index is 828. The van der Waals surface area contributed by atoms with Crippen LogP contribution < -0.4 is 0 Å². The summed E-state index contributed by atoms with van der Waals surface area (Å²) in [6, 6.07) is 2.13. The number of carbonyl (C=O) groups excluding carboxylic acids is 2. The normalized spacial score (nSPS) is 44.9. The van der Waals surface area contributed by atoms with Crippen LogP contribution in [0.3, 0.4) is 0 Å². The molecule has 0 radical (unpaired) electrons. The van der Waals surface area contributed by atoms with Crippen molar-refractivity contribution in [2.45, 2.75) is 78.2 Å². The van der Waals surface area contributed by atoms with Gasteiger partial charge in [0, 0.05) is 12.8 Å². The van der Waals surface area contributed by atoms with Crippen LogP contribution in [0.5, 0.6) is 0 Å². The molecule has 9 unspecified atom stereocenters. The summed E-state index contributed by atoms with van der Waals surface area (Å²) in [5, 5.41) is 20.8. The van der Waals surface area contributed by atoms with Gasteiger partial charge in [-0.3, -0.25) is 9.59 Å². The van der Waals surface area contributed by atoms with Crippen molar-refractivity contribution in [1.29, 1.82) is 5.26 Å². The number of nitrogens with zero attached hydrogens (tertiary/aromatic N) is 1. The highest BCUT2D eigenvalue weighted by molar-refractivity contribution is 6.00. The Morgan fingerprint density at radius 3 is 2.74 bits per heavy atom. The number of methoxy groups -OCH3 is 1. The van der Waals surface area contributed by atoms with Crippen molar-refractivity contribution in [2.24, 2.45) is 46.3 Å². The van der Waals surface area contributed by atoms with E-state index in [2.05, 4.69) is 26.8 Å².